The topological polar surface area (TPSA) is 41.9 Å². The molecule has 0 bridgehead atoms. The molecule has 6 heteroatoms. The first-order valence-corrected chi connectivity index (χ1v) is 9.56. The van der Waals surface area contributed by atoms with Gasteiger partial charge in [-0.3, -0.25) is 4.68 Å². The van der Waals surface area contributed by atoms with Gasteiger partial charge < -0.3 is 10.6 Å². The third-order valence-corrected chi connectivity index (χ3v) is 4.96. The van der Waals surface area contributed by atoms with Crippen LogP contribution in [0.2, 0.25) is 5.02 Å². The van der Waals surface area contributed by atoms with Crippen molar-refractivity contribution in [3.63, 3.8) is 0 Å². The zero-order valence-corrected chi connectivity index (χ0v) is 17.5. The molecule has 1 aromatic heterocycles. The number of thiocarbonyl (C=S) groups is 1. The number of rotatable bonds is 4. The van der Waals surface area contributed by atoms with Crippen LogP contribution in [0, 0.1) is 27.7 Å². The summed E-state index contributed by atoms with van der Waals surface area (Å²) in [6, 6.07) is 14.2. The molecular weight excluding hydrogens is 376 g/mol. The fourth-order valence-corrected chi connectivity index (χ4v) is 3.28. The normalized spacial score (nSPS) is 10.7. The van der Waals surface area contributed by atoms with Crippen LogP contribution in [0.5, 0.6) is 0 Å². The maximum Gasteiger partial charge on any atom is 0.175 e. The summed E-state index contributed by atoms with van der Waals surface area (Å²) in [5.41, 5.74) is 7.32. The molecule has 140 valence electrons. The van der Waals surface area contributed by atoms with Crippen LogP contribution >= 0.6 is 23.8 Å². The molecule has 3 aromatic rings. The predicted octanol–water partition coefficient (Wildman–Crippen LogP) is 5.63. The fourth-order valence-electron chi connectivity index (χ4n) is 2.89. The molecular formula is C21H23ClN4S. The fraction of sp³-hybridized carbons (Fsp3) is 0.238. The summed E-state index contributed by atoms with van der Waals surface area (Å²) in [5, 5.41) is 12.4. The van der Waals surface area contributed by atoms with Crippen molar-refractivity contribution in [2.75, 3.05) is 10.6 Å². The molecule has 2 N–H and O–H groups in total. The van der Waals surface area contributed by atoms with Gasteiger partial charge in [-0.15, -0.1) is 0 Å². The summed E-state index contributed by atoms with van der Waals surface area (Å²) in [6.45, 7) is 8.85. The second-order valence-corrected chi connectivity index (χ2v) is 7.57. The summed E-state index contributed by atoms with van der Waals surface area (Å²) in [5.74, 6) is 0. The van der Waals surface area contributed by atoms with Crippen LogP contribution < -0.4 is 10.6 Å². The van der Waals surface area contributed by atoms with E-state index >= 15 is 0 Å². The number of nitrogens with one attached hydrogen (secondary N) is 2. The average Bonchev–Trinajstić information content (AvgIpc) is 2.87. The van der Waals surface area contributed by atoms with Gasteiger partial charge in [-0.1, -0.05) is 47.5 Å². The van der Waals surface area contributed by atoms with Crippen LogP contribution in [0.15, 0.2) is 42.5 Å². The van der Waals surface area contributed by atoms with Gasteiger partial charge in [-0.2, -0.15) is 5.10 Å². The molecule has 0 aliphatic rings. The lowest BCUT2D eigenvalue weighted by atomic mass is 10.1. The Morgan fingerprint density at radius 1 is 1.04 bits per heavy atom. The van der Waals surface area contributed by atoms with Gasteiger partial charge in [0.25, 0.3) is 0 Å². The molecule has 27 heavy (non-hydrogen) atoms. The highest BCUT2D eigenvalue weighted by Gasteiger charge is 2.13. The molecule has 1 heterocycles. The number of anilines is 2. The molecule has 0 aliphatic carbocycles. The molecule has 0 atom stereocenters. The van der Waals surface area contributed by atoms with Crippen molar-refractivity contribution in [1.82, 2.24) is 9.78 Å². The third kappa shape index (κ3) is 4.67. The van der Waals surface area contributed by atoms with Gasteiger partial charge in [0.1, 0.15) is 0 Å². The van der Waals surface area contributed by atoms with E-state index in [1.165, 1.54) is 11.1 Å². The first kappa shape index (κ1) is 19.4. The number of hydrogen-bond donors (Lipinski definition) is 2. The predicted molar refractivity (Wildman–Crippen MR) is 118 cm³/mol. The van der Waals surface area contributed by atoms with Crippen LogP contribution in [0.25, 0.3) is 0 Å². The number of aryl methyl sites for hydroxylation is 3. The smallest absolute Gasteiger partial charge is 0.175 e. The van der Waals surface area contributed by atoms with Gasteiger partial charge in [0.2, 0.25) is 0 Å². The van der Waals surface area contributed by atoms with E-state index in [0.717, 1.165) is 34.9 Å². The Labute approximate surface area is 170 Å². The number of halogens is 1. The molecule has 0 unspecified atom stereocenters. The molecule has 2 aromatic carbocycles. The number of hydrogen-bond acceptors (Lipinski definition) is 2. The van der Waals surface area contributed by atoms with Gasteiger partial charge in [0.05, 0.1) is 23.6 Å². The second kappa shape index (κ2) is 8.11. The Kier molecular flexibility index (Phi) is 5.82. The molecule has 0 radical (unpaired) electrons. The monoisotopic (exact) mass is 398 g/mol. The Hall–Kier alpha value is -2.37. The van der Waals surface area contributed by atoms with Gasteiger partial charge in [-0.25, -0.2) is 0 Å². The lowest BCUT2D eigenvalue weighted by molar-refractivity contribution is 0.659. The Morgan fingerprint density at radius 3 is 2.44 bits per heavy atom. The highest BCUT2D eigenvalue weighted by atomic mass is 35.5. The molecule has 3 rings (SSSR count). The van der Waals surface area contributed by atoms with Crippen molar-refractivity contribution in [1.29, 1.82) is 0 Å². The minimum absolute atomic E-state index is 0.515. The quantitative estimate of drug-likeness (QED) is 0.559. The lowest BCUT2D eigenvalue weighted by Crippen LogP contribution is -2.20. The number of nitrogens with zero attached hydrogens (tertiary/aromatic N) is 2. The van der Waals surface area contributed by atoms with E-state index < -0.39 is 0 Å². The van der Waals surface area contributed by atoms with Crippen molar-refractivity contribution in [2.24, 2.45) is 0 Å². The molecule has 0 aliphatic heterocycles. The van der Waals surface area contributed by atoms with E-state index in [-0.39, 0.29) is 0 Å². The van der Waals surface area contributed by atoms with Gasteiger partial charge in [0.15, 0.2) is 5.11 Å². The summed E-state index contributed by atoms with van der Waals surface area (Å²) in [7, 11) is 0. The van der Waals surface area contributed by atoms with E-state index in [9.17, 15) is 0 Å². The lowest BCUT2D eigenvalue weighted by Gasteiger charge is -2.13. The van der Waals surface area contributed by atoms with Crippen molar-refractivity contribution in [2.45, 2.75) is 34.2 Å². The maximum atomic E-state index is 6.08. The molecule has 4 nitrogen and oxygen atoms in total. The second-order valence-electron chi connectivity index (χ2n) is 6.73. The average molecular weight is 399 g/mol. The highest BCUT2D eigenvalue weighted by molar-refractivity contribution is 7.80. The van der Waals surface area contributed by atoms with E-state index in [1.807, 2.05) is 43.7 Å². The number of aromatic nitrogens is 2. The zero-order valence-electron chi connectivity index (χ0n) is 15.9. The van der Waals surface area contributed by atoms with Crippen molar-refractivity contribution in [3.8, 4) is 0 Å². The van der Waals surface area contributed by atoms with Crippen LogP contribution in [0.3, 0.4) is 0 Å². The minimum atomic E-state index is 0.515. The highest BCUT2D eigenvalue weighted by Crippen LogP contribution is 2.23. The van der Waals surface area contributed by atoms with Crippen molar-refractivity contribution in [3.05, 3.63) is 75.6 Å². The van der Waals surface area contributed by atoms with Crippen LogP contribution in [-0.4, -0.2) is 14.9 Å². The molecule has 0 fully saturated rings. The molecule has 0 amide bonds. The molecule has 0 spiro atoms. The zero-order chi connectivity index (χ0) is 19.6. The first-order chi connectivity index (χ1) is 12.8. The third-order valence-electron chi connectivity index (χ3n) is 4.52. The first-order valence-electron chi connectivity index (χ1n) is 8.77. The van der Waals surface area contributed by atoms with E-state index in [1.54, 1.807) is 0 Å². The van der Waals surface area contributed by atoms with Crippen LogP contribution in [0.4, 0.5) is 11.4 Å². The summed E-state index contributed by atoms with van der Waals surface area (Å²) >= 11 is 11.6. The van der Waals surface area contributed by atoms with E-state index in [4.69, 9.17) is 23.8 Å². The van der Waals surface area contributed by atoms with Crippen LogP contribution in [-0.2, 0) is 6.54 Å². The van der Waals surface area contributed by atoms with Gasteiger partial charge in [0, 0.05) is 10.7 Å². The Bertz CT molecular complexity index is 977. The van der Waals surface area contributed by atoms with Crippen molar-refractivity contribution >= 4 is 40.3 Å². The molecule has 0 saturated carbocycles. The standard InChI is InChI=1S/C21H23ClN4S/c1-13-5-8-17(9-6-13)12-26-16(4)20(15(3)25-26)24-21(27)23-19-11-18(22)10-7-14(19)2/h5-11H,12H2,1-4H3,(H2,23,24,27). The molecule has 0 saturated heterocycles. The van der Waals surface area contributed by atoms with Crippen molar-refractivity contribution < 1.29 is 0 Å². The SMILES string of the molecule is Cc1ccc(Cn2nc(C)c(NC(=S)Nc3cc(Cl)ccc3C)c2C)cc1. The summed E-state index contributed by atoms with van der Waals surface area (Å²) < 4.78 is 2.00. The largest absolute Gasteiger partial charge is 0.332 e. The maximum absolute atomic E-state index is 6.08. The van der Waals surface area contributed by atoms with Gasteiger partial charge in [-0.05, 0) is 63.2 Å². The van der Waals surface area contributed by atoms with E-state index in [2.05, 4.69) is 46.9 Å². The van der Waals surface area contributed by atoms with Gasteiger partial charge >= 0.3 is 0 Å². The minimum Gasteiger partial charge on any atom is -0.332 e. The summed E-state index contributed by atoms with van der Waals surface area (Å²) in [6.07, 6.45) is 0. The van der Waals surface area contributed by atoms with Crippen LogP contribution in [0.1, 0.15) is 28.1 Å². The number of benzene rings is 2. The Balaban J connectivity index is 1.75. The Morgan fingerprint density at radius 2 is 1.74 bits per heavy atom. The van der Waals surface area contributed by atoms with E-state index in [0.29, 0.717) is 10.1 Å². The summed E-state index contributed by atoms with van der Waals surface area (Å²) in [4.78, 5) is 0.